The first-order chi connectivity index (χ1) is 9.72. The molecule has 4 nitrogen and oxygen atoms in total. The van der Waals surface area contributed by atoms with E-state index in [-0.39, 0.29) is 6.61 Å². The molecule has 0 unspecified atom stereocenters. The van der Waals surface area contributed by atoms with Crippen molar-refractivity contribution in [1.82, 2.24) is 5.32 Å². The molecule has 1 rings (SSSR count). The van der Waals surface area contributed by atoms with E-state index >= 15 is 0 Å². The SMILES string of the molecule is CCCNCc1cc(C)ccc1N(CCO)CCOC. The second kappa shape index (κ2) is 9.75. The van der Waals surface area contributed by atoms with E-state index in [0.29, 0.717) is 13.2 Å². The molecule has 0 aromatic heterocycles. The van der Waals surface area contributed by atoms with Gasteiger partial charge >= 0.3 is 0 Å². The summed E-state index contributed by atoms with van der Waals surface area (Å²) in [5.74, 6) is 0. The fraction of sp³-hybridized carbons (Fsp3) is 0.625. The molecule has 1 aromatic rings. The number of nitrogens with one attached hydrogen (secondary N) is 1. The van der Waals surface area contributed by atoms with Crippen LogP contribution in [0.2, 0.25) is 0 Å². The van der Waals surface area contributed by atoms with Gasteiger partial charge in [-0.15, -0.1) is 0 Å². The summed E-state index contributed by atoms with van der Waals surface area (Å²) in [6, 6.07) is 6.48. The molecular formula is C16H28N2O2. The highest BCUT2D eigenvalue weighted by Crippen LogP contribution is 2.22. The van der Waals surface area contributed by atoms with E-state index in [4.69, 9.17) is 4.74 Å². The first kappa shape index (κ1) is 17.0. The largest absolute Gasteiger partial charge is 0.395 e. The Morgan fingerprint density at radius 1 is 1.30 bits per heavy atom. The quantitative estimate of drug-likeness (QED) is 0.643. The van der Waals surface area contributed by atoms with Crippen molar-refractivity contribution in [2.24, 2.45) is 0 Å². The van der Waals surface area contributed by atoms with Crippen LogP contribution in [0.15, 0.2) is 18.2 Å². The molecule has 0 saturated heterocycles. The maximum absolute atomic E-state index is 9.26. The van der Waals surface area contributed by atoms with Crippen LogP contribution >= 0.6 is 0 Å². The zero-order valence-electron chi connectivity index (χ0n) is 13.0. The standard InChI is InChI=1S/C16H28N2O2/c1-4-7-17-13-15-12-14(2)5-6-16(15)18(8-10-19)9-11-20-3/h5-6,12,17,19H,4,7-11,13H2,1-3H3. The zero-order valence-corrected chi connectivity index (χ0v) is 13.0. The van der Waals surface area contributed by atoms with E-state index in [1.165, 1.54) is 16.8 Å². The van der Waals surface area contributed by atoms with Crippen molar-refractivity contribution < 1.29 is 9.84 Å². The summed E-state index contributed by atoms with van der Waals surface area (Å²) in [7, 11) is 1.70. The third-order valence-corrected chi connectivity index (χ3v) is 3.25. The first-order valence-electron chi connectivity index (χ1n) is 7.38. The van der Waals surface area contributed by atoms with Gasteiger partial charge in [0.05, 0.1) is 13.2 Å². The summed E-state index contributed by atoms with van der Waals surface area (Å²) in [6.45, 7) is 8.40. The maximum atomic E-state index is 9.26. The number of hydrogen-bond donors (Lipinski definition) is 2. The number of aliphatic hydroxyl groups excluding tert-OH is 1. The number of ether oxygens (including phenoxy) is 1. The minimum Gasteiger partial charge on any atom is -0.395 e. The van der Waals surface area contributed by atoms with Gasteiger partial charge in [0.2, 0.25) is 0 Å². The molecule has 1 aromatic carbocycles. The predicted octanol–water partition coefficient (Wildman–Crippen LogP) is 1.94. The van der Waals surface area contributed by atoms with E-state index in [9.17, 15) is 5.11 Å². The van der Waals surface area contributed by atoms with Crippen LogP contribution in [0.5, 0.6) is 0 Å². The van der Waals surface area contributed by atoms with E-state index in [0.717, 1.165) is 26.1 Å². The number of methoxy groups -OCH3 is 1. The molecule has 0 aliphatic rings. The van der Waals surface area contributed by atoms with Crippen LogP contribution < -0.4 is 10.2 Å². The molecule has 0 fully saturated rings. The van der Waals surface area contributed by atoms with Gasteiger partial charge in [-0.3, -0.25) is 0 Å². The molecule has 114 valence electrons. The van der Waals surface area contributed by atoms with Crippen LogP contribution in [0, 0.1) is 6.92 Å². The van der Waals surface area contributed by atoms with Crippen molar-refractivity contribution >= 4 is 5.69 Å². The average molecular weight is 280 g/mol. The molecule has 0 atom stereocenters. The van der Waals surface area contributed by atoms with Crippen LogP contribution in [0.4, 0.5) is 5.69 Å². The molecule has 2 N–H and O–H groups in total. The third-order valence-electron chi connectivity index (χ3n) is 3.25. The summed E-state index contributed by atoms with van der Waals surface area (Å²) in [4.78, 5) is 2.19. The van der Waals surface area contributed by atoms with E-state index in [2.05, 4.69) is 42.3 Å². The smallest absolute Gasteiger partial charge is 0.0637 e. The van der Waals surface area contributed by atoms with Gasteiger partial charge in [-0.2, -0.15) is 0 Å². The van der Waals surface area contributed by atoms with Gasteiger partial charge in [0.25, 0.3) is 0 Å². The van der Waals surface area contributed by atoms with Gasteiger partial charge in [-0.25, -0.2) is 0 Å². The van der Waals surface area contributed by atoms with Crippen LogP contribution in [0.25, 0.3) is 0 Å². The lowest BCUT2D eigenvalue weighted by Crippen LogP contribution is -2.31. The van der Waals surface area contributed by atoms with Gasteiger partial charge < -0.3 is 20.1 Å². The van der Waals surface area contributed by atoms with E-state index in [1.54, 1.807) is 7.11 Å². The number of aryl methyl sites for hydroxylation is 1. The molecule has 0 amide bonds. The van der Waals surface area contributed by atoms with Gasteiger partial charge in [0.15, 0.2) is 0 Å². The molecular weight excluding hydrogens is 252 g/mol. The van der Waals surface area contributed by atoms with Crippen molar-refractivity contribution in [3.05, 3.63) is 29.3 Å². The summed E-state index contributed by atoms with van der Waals surface area (Å²) in [5.41, 5.74) is 3.73. The Kier molecular flexibility index (Phi) is 8.26. The van der Waals surface area contributed by atoms with Crippen molar-refractivity contribution in [3.8, 4) is 0 Å². The normalized spacial score (nSPS) is 10.8. The molecule has 20 heavy (non-hydrogen) atoms. The molecule has 0 saturated carbocycles. The molecule has 0 radical (unpaired) electrons. The Bertz CT molecular complexity index is 383. The van der Waals surface area contributed by atoms with Crippen molar-refractivity contribution in [3.63, 3.8) is 0 Å². The molecule has 4 heteroatoms. The summed E-state index contributed by atoms with van der Waals surface area (Å²) < 4.78 is 5.16. The molecule has 0 bridgehead atoms. The Hall–Kier alpha value is -1.10. The van der Waals surface area contributed by atoms with Crippen molar-refractivity contribution in [1.29, 1.82) is 0 Å². The van der Waals surface area contributed by atoms with Crippen LogP contribution in [0.1, 0.15) is 24.5 Å². The van der Waals surface area contributed by atoms with Gasteiger partial charge in [-0.1, -0.05) is 24.6 Å². The number of hydrogen-bond acceptors (Lipinski definition) is 4. The van der Waals surface area contributed by atoms with E-state index in [1.807, 2.05) is 0 Å². The number of anilines is 1. The first-order valence-corrected chi connectivity index (χ1v) is 7.38. The van der Waals surface area contributed by atoms with Crippen LogP contribution in [-0.2, 0) is 11.3 Å². The minimum atomic E-state index is 0.152. The highest BCUT2D eigenvalue weighted by Gasteiger charge is 2.11. The minimum absolute atomic E-state index is 0.152. The third kappa shape index (κ3) is 5.49. The molecule has 0 heterocycles. The second-order valence-electron chi connectivity index (χ2n) is 5.01. The highest BCUT2D eigenvalue weighted by atomic mass is 16.5. The Morgan fingerprint density at radius 2 is 2.10 bits per heavy atom. The lowest BCUT2D eigenvalue weighted by molar-refractivity contribution is 0.203. The zero-order chi connectivity index (χ0) is 14.8. The average Bonchev–Trinajstić information content (AvgIpc) is 2.44. The van der Waals surface area contributed by atoms with Gasteiger partial charge in [0.1, 0.15) is 0 Å². The Morgan fingerprint density at radius 3 is 2.75 bits per heavy atom. The van der Waals surface area contributed by atoms with Crippen molar-refractivity contribution in [2.75, 3.05) is 44.9 Å². The Labute approximate surface area is 122 Å². The lowest BCUT2D eigenvalue weighted by Gasteiger charge is -2.26. The molecule has 0 aliphatic heterocycles. The van der Waals surface area contributed by atoms with Crippen LogP contribution in [0.3, 0.4) is 0 Å². The van der Waals surface area contributed by atoms with Gasteiger partial charge in [-0.05, 0) is 31.5 Å². The fourth-order valence-corrected chi connectivity index (χ4v) is 2.24. The topological polar surface area (TPSA) is 44.7 Å². The van der Waals surface area contributed by atoms with Crippen molar-refractivity contribution in [2.45, 2.75) is 26.8 Å². The summed E-state index contributed by atoms with van der Waals surface area (Å²) in [6.07, 6.45) is 1.13. The fourth-order valence-electron chi connectivity index (χ4n) is 2.24. The highest BCUT2D eigenvalue weighted by molar-refractivity contribution is 5.55. The number of benzene rings is 1. The predicted molar refractivity (Wildman–Crippen MR) is 84.4 cm³/mol. The number of aliphatic hydroxyl groups is 1. The van der Waals surface area contributed by atoms with Crippen LogP contribution in [-0.4, -0.2) is 45.1 Å². The summed E-state index contributed by atoms with van der Waals surface area (Å²) in [5, 5.41) is 12.7. The number of nitrogens with zero attached hydrogens (tertiary/aromatic N) is 1. The number of rotatable bonds is 10. The van der Waals surface area contributed by atoms with Gasteiger partial charge in [0, 0.05) is 32.4 Å². The monoisotopic (exact) mass is 280 g/mol. The lowest BCUT2D eigenvalue weighted by atomic mass is 10.1. The summed E-state index contributed by atoms with van der Waals surface area (Å²) >= 11 is 0. The maximum Gasteiger partial charge on any atom is 0.0637 e. The second-order valence-corrected chi connectivity index (χ2v) is 5.01. The molecule has 0 aliphatic carbocycles. The van der Waals surface area contributed by atoms with E-state index < -0.39 is 0 Å². The molecule has 0 spiro atoms. The Balaban J connectivity index is 2.87.